The molecule has 0 heterocycles. The number of hydrogen-bond acceptors (Lipinski definition) is 4. The Kier molecular flexibility index (Phi) is 6.88. The normalized spacial score (nSPS) is 12.3. The summed E-state index contributed by atoms with van der Waals surface area (Å²) in [6.45, 7) is 0. The van der Waals surface area contributed by atoms with E-state index in [2.05, 4.69) is 64.0 Å². The summed E-state index contributed by atoms with van der Waals surface area (Å²) in [5.41, 5.74) is 0. The molecule has 0 radical (unpaired) electrons. The van der Waals surface area contributed by atoms with Crippen molar-refractivity contribution in [3.05, 3.63) is 97.1 Å². The standard InChI is InChI=1S/C28H28BrO4P/c1-30-21-5-13-25(14-6-21)34(29,26-15-7-22(31-2)8-16-26,27-17-9-23(32-3)10-18-27)28-19-11-24(33-4)12-20-28/h5-20H,1-4H3. The van der Waals surface area contributed by atoms with Crippen LogP contribution in [0.15, 0.2) is 97.1 Å². The van der Waals surface area contributed by atoms with Gasteiger partial charge in [-0.15, -0.1) is 0 Å². The van der Waals surface area contributed by atoms with Crippen molar-refractivity contribution in [3.8, 4) is 23.0 Å². The summed E-state index contributed by atoms with van der Waals surface area (Å²) < 4.78 is 21.9. The van der Waals surface area contributed by atoms with Gasteiger partial charge < -0.3 is 0 Å². The summed E-state index contributed by atoms with van der Waals surface area (Å²) in [5.74, 6) is 3.22. The van der Waals surface area contributed by atoms with Crippen molar-refractivity contribution in [2.24, 2.45) is 0 Å². The molecule has 0 aliphatic heterocycles. The molecule has 0 spiro atoms. The van der Waals surface area contributed by atoms with Gasteiger partial charge in [0.15, 0.2) is 0 Å². The first-order chi connectivity index (χ1) is 16.5. The zero-order valence-electron chi connectivity index (χ0n) is 19.7. The Morgan fingerprint density at radius 3 is 0.706 bits per heavy atom. The molecule has 0 bridgehead atoms. The van der Waals surface area contributed by atoms with Crippen LogP contribution >= 0.6 is 20.8 Å². The van der Waals surface area contributed by atoms with Crippen molar-refractivity contribution in [1.29, 1.82) is 0 Å². The minimum absolute atomic E-state index is 0.806. The van der Waals surface area contributed by atoms with Crippen LogP contribution in [0.1, 0.15) is 0 Å². The maximum absolute atomic E-state index is 5.47. The molecule has 0 aromatic heterocycles. The fourth-order valence-electron chi connectivity index (χ4n) is 4.34. The van der Waals surface area contributed by atoms with E-state index in [0.29, 0.717) is 0 Å². The number of hydrogen-bond donors (Lipinski definition) is 0. The van der Waals surface area contributed by atoms with Crippen molar-refractivity contribution in [2.45, 2.75) is 0 Å². The third kappa shape index (κ3) is 3.83. The van der Waals surface area contributed by atoms with E-state index in [1.807, 2.05) is 48.5 Å². The van der Waals surface area contributed by atoms with Crippen LogP contribution in [0.4, 0.5) is 0 Å². The van der Waals surface area contributed by atoms with Crippen LogP contribution in [0.2, 0.25) is 0 Å². The molecule has 0 atom stereocenters. The molecule has 4 nitrogen and oxygen atoms in total. The molecule has 4 rings (SSSR count). The van der Waals surface area contributed by atoms with Crippen LogP contribution in [-0.4, -0.2) is 28.4 Å². The fraction of sp³-hybridized carbons (Fsp3) is 0.143. The van der Waals surface area contributed by atoms with Gasteiger partial charge in [-0.25, -0.2) is 0 Å². The first-order valence-electron chi connectivity index (χ1n) is 10.8. The third-order valence-electron chi connectivity index (χ3n) is 6.23. The first-order valence-corrected chi connectivity index (χ1v) is 15.1. The Hall–Kier alpha value is -3.01. The zero-order chi connectivity index (χ0) is 24.2. The van der Waals surface area contributed by atoms with Gasteiger partial charge in [-0.05, 0) is 0 Å². The molecular formula is C28H28BrO4P. The quantitative estimate of drug-likeness (QED) is 0.289. The summed E-state index contributed by atoms with van der Waals surface area (Å²) in [6.07, 6.45) is 0. The molecule has 0 amide bonds. The van der Waals surface area contributed by atoms with E-state index in [1.54, 1.807) is 28.4 Å². The van der Waals surface area contributed by atoms with Crippen LogP contribution in [-0.2, 0) is 0 Å². The van der Waals surface area contributed by atoms with E-state index in [0.717, 1.165) is 44.2 Å². The summed E-state index contributed by atoms with van der Waals surface area (Å²) in [4.78, 5) is 0. The van der Waals surface area contributed by atoms with E-state index in [-0.39, 0.29) is 0 Å². The van der Waals surface area contributed by atoms with Gasteiger partial charge in [-0.3, -0.25) is 0 Å². The van der Waals surface area contributed by atoms with E-state index < -0.39 is 5.31 Å². The SMILES string of the molecule is COc1ccc(P(Br)(c2ccc(OC)cc2)(c2ccc(OC)cc2)c2ccc(OC)cc2)cc1. The van der Waals surface area contributed by atoms with Crippen molar-refractivity contribution >= 4 is 42.0 Å². The van der Waals surface area contributed by atoms with Gasteiger partial charge >= 0.3 is 209 Å². The van der Waals surface area contributed by atoms with Gasteiger partial charge in [0.05, 0.1) is 0 Å². The Morgan fingerprint density at radius 1 is 0.382 bits per heavy atom. The fourth-order valence-corrected chi connectivity index (χ4v) is 11.8. The van der Waals surface area contributed by atoms with Crippen molar-refractivity contribution < 1.29 is 18.9 Å². The first kappa shape index (κ1) is 24.1. The topological polar surface area (TPSA) is 36.9 Å². The van der Waals surface area contributed by atoms with Crippen molar-refractivity contribution in [3.63, 3.8) is 0 Å². The van der Waals surface area contributed by atoms with E-state index >= 15 is 0 Å². The molecule has 176 valence electrons. The van der Waals surface area contributed by atoms with E-state index in [4.69, 9.17) is 18.9 Å². The molecule has 0 saturated carbocycles. The molecule has 6 heteroatoms. The van der Waals surface area contributed by atoms with Gasteiger partial charge in [-0.2, -0.15) is 0 Å². The van der Waals surface area contributed by atoms with Crippen LogP contribution in [0.5, 0.6) is 23.0 Å². The predicted octanol–water partition coefficient (Wildman–Crippen LogP) is 5.19. The Labute approximate surface area is 209 Å². The number of methoxy groups -OCH3 is 4. The molecule has 0 aliphatic carbocycles. The monoisotopic (exact) mass is 538 g/mol. The Bertz CT molecular complexity index is 1040. The molecule has 0 aliphatic rings. The molecule has 4 aromatic carbocycles. The number of halogens is 1. The van der Waals surface area contributed by atoms with E-state index in [1.165, 1.54) is 0 Å². The molecule has 4 aromatic rings. The summed E-state index contributed by atoms with van der Waals surface area (Å²) in [6, 6.07) is 33.2. The molecule has 0 saturated heterocycles. The average molecular weight is 539 g/mol. The summed E-state index contributed by atoms with van der Waals surface area (Å²) in [7, 11) is 6.72. The van der Waals surface area contributed by atoms with Crippen LogP contribution in [0, 0.1) is 0 Å². The predicted molar refractivity (Wildman–Crippen MR) is 146 cm³/mol. The van der Waals surface area contributed by atoms with Crippen LogP contribution in [0.3, 0.4) is 0 Å². The second-order valence-electron chi connectivity index (χ2n) is 7.80. The van der Waals surface area contributed by atoms with Gasteiger partial charge in [0.1, 0.15) is 0 Å². The Morgan fingerprint density at radius 2 is 0.559 bits per heavy atom. The van der Waals surface area contributed by atoms with Gasteiger partial charge in [0, 0.05) is 0 Å². The third-order valence-corrected chi connectivity index (χ3v) is 16.2. The average Bonchev–Trinajstić information content (AvgIpc) is 2.93. The number of ether oxygens (including phenoxy) is 4. The van der Waals surface area contributed by atoms with E-state index in [9.17, 15) is 0 Å². The van der Waals surface area contributed by atoms with Gasteiger partial charge in [0.2, 0.25) is 0 Å². The zero-order valence-corrected chi connectivity index (χ0v) is 22.2. The second-order valence-corrected chi connectivity index (χ2v) is 16.1. The molecule has 0 N–H and O–H groups in total. The van der Waals surface area contributed by atoms with Crippen LogP contribution < -0.4 is 40.2 Å². The number of benzene rings is 4. The van der Waals surface area contributed by atoms with Crippen molar-refractivity contribution in [2.75, 3.05) is 28.4 Å². The summed E-state index contributed by atoms with van der Waals surface area (Å²) >= 11 is 4.48. The summed E-state index contributed by atoms with van der Waals surface area (Å²) in [5, 5.41) is 1.20. The van der Waals surface area contributed by atoms with Gasteiger partial charge in [0.25, 0.3) is 0 Å². The molecular weight excluding hydrogens is 511 g/mol. The van der Waals surface area contributed by atoms with Crippen molar-refractivity contribution in [1.82, 2.24) is 0 Å². The molecule has 34 heavy (non-hydrogen) atoms. The second kappa shape index (κ2) is 9.69. The Balaban J connectivity index is 2.14. The molecule has 0 fully saturated rings. The maximum atomic E-state index is 5.47. The number of rotatable bonds is 8. The molecule has 0 unspecified atom stereocenters. The van der Waals surface area contributed by atoms with Gasteiger partial charge in [-0.1, -0.05) is 0 Å². The minimum atomic E-state index is -3.38. The van der Waals surface area contributed by atoms with Crippen LogP contribution in [0.25, 0.3) is 0 Å².